The molecule has 0 saturated heterocycles. The minimum Gasteiger partial charge on any atom is -0.496 e. The highest BCUT2D eigenvalue weighted by atomic mass is 16.5. The van der Waals surface area contributed by atoms with Crippen molar-refractivity contribution in [3.8, 4) is 5.75 Å². The SMILES string of the molecule is COc1cc(C)c(C(C)(C)CNCC=O)cc1C. The number of hydrogen-bond donors (Lipinski definition) is 1. The van der Waals surface area contributed by atoms with E-state index in [0.29, 0.717) is 6.54 Å². The highest BCUT2D eigenvalue weighted by Gasteiger charge is 2.23. The molecule has 0 aliphatic rings. The van der Waals surface area contributed by atoms with Gasteiger partial charge in [-0.1, -0.05) is 19.9 Å². The van der Waals surface area contributed by atoms with Crippen LogP contribution in [0.5, 0.6) is 5.75 Å². The van der Waals surface area contributed by atoms with Crippen LogP contribution in [0.1, 0.15) is 30.5 Å². The Hall–Kier alpha value is -1.35. The zero-order chi connectivity index (χ0) is 13.8. The van der Waals surface area contributed by atoms with Crippen LogP contribution in [0.15, 0.2) is 12.1 Å². The smallest absolute Gasteiger partial charge is 0.133 e. The molecule has 3 nitrogen and oxygen atoms in total. The highest BCUT2D eigenvalue weighted by Crippen LogP contribution is 2.31. The standard InChI is InChI=1S/C15H23NO2/c1-11-9-14(18-5)12(2)8-13(11)15(3,4)10-16-6-7-17/h7-9,16H,6,10H2,1-5H3. The molecule has 0 bridgehead atoms. The lowest BCUT2D eigenvalue weighted by Gasteiger charge is -2.28. The average molecular weight is 249 g/mol. The molecule has 18 heavy (non-hydrogen) atoms. The lowest BCUT2D eigenvalue weighted by Crippen LogP contribution is -2.34. The number of aryl methyl sites for hydroxylation is 2. The van der Waals surface area contributed by atoms with Gasteiger partial charge in [0.2, 0.25) is 0 Å². The van der Waals surface area contributed by atoms with E-state index in [-0.39, 0.29) is 5.41 Å². The van der Waals surface area contributed by atoms with E-state index >= 15 is 0 Å². The maximum atomic E-state index is 10.4. The molecule has 0 atom stereocenters. The number of carbonyl (C=O) groups excluding carboxylic acids is 1. The van der Waals surface area contributed by atoms with E-state index in [0.717, 1.165) is 24.1 Å². The summed E-state index contributed by atoms with van der Waals surface area (Å²) >= 11 is 0. The average Bonchev–Trinajstić information content (AvgIpc) is 2.31. The predicted octanol–water partition coefficient (Wildman–Crippen LogP) is 2.38. The van der Waals surface area contributed by atoms with Gasteiger partial charge in [-0.25, -0.2) is 0 Å². The van der Waals surface area contributed by atoms with E-state index in [1.165, 1.54) is 11.1 Å². The van der Waals surface area contributed by atoms with Crippen molar-refractivity contribution in [1.82, 2.24) is 5.32 Å². The van der Waals surface area contributed by atoms with Gasteiger partial charge in [-0.3, -0.25) is 0 Å². The molecule has 100 valence electrons. The third kappa shape index (κ3) is 3.33. The predicted molar refractivity (Wildman–Crippen MR) is 74.4 cm³/mol. The van der Waals surface area contributed by atoms with Gasteiger partial charge in [0.1, 0.15) is 12.0 Å². The summed E-state index contributed by atoms with van der Waals surface area (Å²) in [4.78, 5) is 10.4. The second-order valence-corrected chi connectivity index (χ2v) is 5.32. The Labute approximate surface area is 110 Å². The Morgan fingerprint density at radius 2 is 1.94 bits per heavy atom. The molecular formula is C15H23NO2. The van der Waals surface area contributed by atoms with Gasteiger partial charge in [-0.05, 0) is 36.6 Å². The summed E-state index contributed by atoms with van der Waals surface area (Å²) in [5.41, 5.74) is 3.64. The summed E-state index contributed by atoms with van der Waals surface area (Å²) in [6, 6.07) is 4.25. The quantitative estimate of drug-likeness (QED) is 0.621. The van der Waals surface area contributed by atoms with Gasteiger partial charge in [-0.15, -0.1) is 0 Å². The zero-order valence-corrected chi connectivity index (χ0v) is 12.0. The lowest BCUT2D eigenvalue weighted by molar-refractivity contribution is -0.107. The van der Waals surface area contributed by atoms with Crippen molar-refractivity contribution in [1.29, 1.82) is 0 Å². The minimum atomic E-state index is -0.00980. The molecule has 1 rings (SSSR count). The molecule has 1 aromatic carbocycles. The molecule has 0 radical (unpaired) electrons. The molecule has 1 N–H and O–H groups in total. The second kappa shape index (κ2) is 6.01. The summed E-state index contributed by atoms with van der Waals surface area (Å²) in [6.45, 7) is 9.68. The fourth-order valence-corrected chi connectivity index (χ4v) is 2.28. The molecule has 0 fully saturated rings. The van der Waals surface area contributed by atoms with Gasteiger partial charge < -0.3 is 14.8 Å². The first-order valence-corrected chi connectivity index (χ1v) is 6.22. The molecule has 0 unspecified atom stereocenters. The molecule has 0 aliphatic heterocycles. The number of nitrogens with one attached hydrogen (secondary N) is 1. The Morgan fingerprint density at radius 1 is 1.28 bits per heavy atom. The van der Waals surface area contributed by atoms with Crippen molar-refractivity contribution >= 4 is 6.29 Å². The molecular weight excluding hydrogens is 226 g/mol. The highest BCUT2D eigenvalue weighted by molar-refractivity contribution is 5.52. The number of ether oxygens (including phenoxy) is 1. The van der Waals surface area contributed by atoms with Crippen LogP contribution in [0.3, 0.4) is 0 Å². The number of carbonyl (C=O) groups is 1. The fraction of sp³-hybridized carbons (Fsp3) is 0.533. The Bertz CT molecular complexity index is 425. The molecule has 0 spiro atoms. The largest absolute Gasteiger partial charge is 0.496 e. The van der Waals surface area contributed by atoms with Crippen LogP contribution in [-0.2, 0) is 10.2 Å². The van der Waals surface area contributed by atoms with E-state index in [1.54, 1.807) is 7.11 Å². The maximum absolute atomic E-state index is 10.4. The number of hydrogen-bond acceptors (Lipinski definition) is 3. The summed E-state index contributed by atoms with van der Waals surface area (Å²) in [5.74, 6) is 0.924. The second-order valence-electron chi connectivity index (χ2n) is 5.32. The summed E-state index contributed by atoms with van der Waals surface area (Å²) < 4.78 is 5.33. The van der Waals surface area contributed by atoms with Crippen LogP contribution >= 0.6 is 0 Å². The van der Waals surface area contributed by atoms with Crippen LogP contribution in [0, 0.1) is 13.8 Å². The molecule has 3 heteroatoms. The van der Waals surface area contributed by atoms with Gasteiger partial charge >= 0.3 is 0 Å². The monoisotopic (exact) mass is 249 g/mol. The van der Waals surface area contributed by atoms with Crippen LogP contribution < -0.4 is 10.1 Å². The van der Waals surface area contributed by atoms with Crippen molar-refractivity contribution in [3.05, 3.63) is 28.8 Å². The van der Waals surface area contributed by atoms with Crippen molar-refractivity contribution in [2.75, 3.05) is 20.2 Å². The number of benzene rings is 1. The van der Waals surface area contributed by atoms with Crippen LogP contribution in [0.25, 0.3) is 0 Å². The van der Waals surface area contributed by atoms with Crippen LogP contribution in [0.2, 0.25) is 0 Å². The van der Waals surface area contributed by atoms with Gasteiger partial charge in [0, 0.05) is 12.0 Å². The van der Waals surface area contributed by atoms with Crippen LogP contribution in [0.4, 0.5) is 0 Å². The lowest BCUT2D eigenvalue weighted by atomic mass is 9.81. The third-order valence-electron chi connectivity index (χ3n) is 3.27. The first-order valence-electron chi connectivity index (χ1n) is 6.22. The van der Waals surface area contributed by atoms with Gasteiger partial charge in [0.05, 0.1) is 13.7 Å². The van der Waals surface area contributed by atoms with E-state index in [1.807, 2.05) is 0 Å². The summed E-state index contributed by atoms with van der Waals surface area (Å²) in [5, 5.41) is 3.15. The van der Waals surface area contributed by atoms with E-state index < -0.39 is 0 Å². The normalized spacial score (nSPS) is 11.4. The fourth-order valence-electron chi connectivity index (χ4n) is 2.28. The molecule has 0 amide bonds. The van der Waals surface area contributed by atoms with Gasteiger partial charge in [0.15, 0.2) is 0 Å². The zero-order valence-electron chi connectivity index (χ0n) is 12.0. The van der Waals surface area contributed by atoms with Crippen LogP contribution in [-0.4, -0.2) is 26.5 Å². The first-order chi connectivity index (χ1) is 8.42. The maximum Gasteiger partial charge on any atom is 0.133 e. The Kier molecular flexibility index (Phi) is 4.91. The van der Waals surface area contributed by atoms with Crippen molar-refractivity contribution in [2.45, 2.75) is 33.1 Å². The molecule has 0 aromatic heterocycles. The van der Waals surface area contributed by atoms with E-state index in [4.69, 9.17) is 4.74 Å². The van der Waals surface area contributed by atoms with E-state index in [9.17, 15) is 4.79 Å². The molecule has 0 aliphatic carbocycles. The Balaban J connectivity index is 3.00. The van der Waals surface area contributed by atoms with Crippen molar-refractivity contribution < 1.29 is 9.53 Å². The first kappa shape index (κ1) is 14.7. The van der Waals surface area contributed by atoms with Gasteiger partial charge in [-0.2, -0.15) is 0 Å². The van der Waals surface area contributed by atoms with Gasteiger partial charge in [0.25, 0.3) is 0 Å². The third-order valence-corrected chi connectivity index (χ3v) is 3.27. The Morgan fingerprint density at radius 3 is 2.50 bits per heavy atom. The van der Waals surface area contributed by atoms with Crippen molar-refractivity contribution in [2.24, 2.45) is 0 Å². The number of methoxy groups -OCH3 is 1. The summed E-state index contributed by atoms with van der Waals surface area (Å²) in [7, 11) is 1.69. The minimum absolute atomic E-state index is 0.00980. The number of rotatable bonds is 6. The van der Waals surface area contributed by atoms with E-state index in [2.05, 4.69) is 45.1 Å². The molecule has 1 aromatic rings. The molecule has 0 saturated carbocycles. The topological polar surface area (TPSA) is 38.3 Å². The summed E-state index contributed by atoms with van der Waals surface area (Å²) in [6.07, 6.45) is 0.891. The van der Waals surface area contributed by atoms with Crippen molar-refractivity contribution in [3.63, 3.8) is 0 Å². The number of aldehydes is 1. The molecule has 0 heterocycles.